The van der Waals surface area contributed by atoms with Crippen molar-refractivity contribution in [2.45, 2.75) is 37.8 Å². The lowest BCUT2D eigenvalue weighted by Gasteiger charge is -2.11. The number of carbonyl (C=O) groups excluding carboxylic acids is 2. The number of aromatic nitrogens is 2. The van der Waals surface area contributed by atoms with Crippen LogP contribution in [-0.2, 0) is 21.4 Å². The topological polar surface area (TPSA) is 73.2 Å². The van der Waals surface area contributed by atoms with E-state index in [0.29, 0.717) is 5.69 Å². The second kappa shape index (κ2) is 8.20. The van der Waals surface area contributed by atoms with E-state index < -0.39 is 11.2 Å². The van der Waals surface area contributed by atoms with E-state index in [-0.39, 0.29) is 12.5 Å². The molecular weight excluding hydrogens is 338 g/mol. The van der Waals surface area contributed by atoms with Gasteiger partial charge >= 0.3 is 5.97 Å². The molecule has 1 amide bonds. The maximum atomic E-state index is 12.1. The summed E-state index contributed by atoms with van der Waals surface area (Å²) in [7, 11) is 1.81. The molecule has 0 saturated carbocycles. The Balaban J connectivity index is 1.84. The largest absolute Gasteiger partial charge is 0.455 e. The van der Waals surface area contributed by atoms with Crippen LogP contribution in [0.2, 0.25) is 0 Å². The number of thioether (sulfide) groups is 1. The van der Waals surface area contributed by atoms with E-state index in [0.717, 1.165) is 21.8 Å². The first-order valence-corrected chi connectivity index (χ1v) is 8.86. The minimum atomic E-state index is -0.416. The zero-order valence-electron chi connectivity index (χ0n) is 15.1. The van der Waals surface area contributed by atoms with Gasteiger partial charge in [0.05, 0.1) is 17.1 Å². The molecule has 134 valence electrons. The fourth-order valence-electron chi connectivity index (χ4n) is 2.25. The highest BCUT2D eigenvalue weighted by Gasteiger charge is 2.18. The van der Waals surface area contributed by atoms with Crippen molar-refractivity contribution in [2.75, 3.05) is 11.9 Å². The Hall–Kier alpha value is -2.28. The van der Waals surface area contributed by atoms with Gasteiger partial charge in [-0.1, -0.05) is 17.7 Å². The van der Waals surface area contributed by atoms with Crippen LogP contribution < -0.4 is 5.32 Å². The number of hydrogen-bond acceptors (Lipinski definition) is 5. The third-order valence-electron chi connectivity index (χ3n) is 3.78. The van der Waals surface area contributed by atoms with E-state index in [1.807, 2.05) is 52.1 Å². The number of nitrogens with one attached hydrogen (secondary N) is 1. The number of amides is 1. The summed E-state index contributed by atoms with van der Waals surface area (Å²) in [6, 6.07) is 7.91. The average Bonchev–Trinajstić information content (AvgIpc) is 2.81. The van der Waals surface area contributed by atoms with Crippen LogP contribution in [0.25, 0.3) is 0 Å². The van der Waals surface area contributed by atoms with Crippen molar-refractivity contribution >= 4 is 29.3 Å². The Morgan fingerprint density at radius 3 is 2.44 bits per heavy atom. The van der Waals surface area contributed by atoms with Gasteiger partial charge in [-0.05, 0) is 39.8 Å². The van der Waals surface area contributed by atoms with E-state index in [2.05, 4.69) is 10.4 Å². The molecule has 0 aliphatic carbocycles. The first-order chi connectivity index (χ1) is 11.8. The highest BCUT2D eigenvalue weighted by Crippen LogP contribution is 2.24. The van der Waals surface area contributed by atoms with Gasteiger partial charge in [0.15, 0.2) is 6.61 Å². The number of esters is 1. The molecule has 0 radical (unpaired) electrons. The molecule has 0 aliphatic rings. The molecule has 0 spiro atoms. The van der Waals surface area contributed by atoms with E-state index in [9.17, 15) is 9.59 Å². The van der Waals surface area contributed by atoms with E-state index >= 15 is 0 Å². The van der Waals surface area contributed by atoms with Crippen molar-refractivity contribution in [3.05, 3.63) is 41.2 Å². The highest BCUT2D eigenvalue weighted by atomic mass is 32.2. The average molecular weight is 361 g/mol. The molecule has 2 aromatic rings. The van der Waals surface area contributed by atoms with Gasteiger partial charge in [-0.15, -0.1) is 11.8 Å². The molecule has 6 nitrogen and oxygen atoms in total. The third kappa shape index (κ3) is 5.09. The van der Waals surface area contributed by atoms with Crippen LogP contribution in [0, 0.1) is 20.8 Å². The van der Waals surface area contributed by atoms with Crippen molar-refractivity contribution in [1.29, 1.82) is 0 Å². The quantitative estimate of drug-likeness (QED) is 0.632. The molecule has 1 aromatic carbocycles. The molecule has 0 bridgehead atoms. The second-order valence-electron chi connectivity index (χ2n) is 5.90. The number of aryl methyl sites for hydroxylation is 3. The number of anilines is 1. The Morgan fingerprint density at radius 1 is 1.24 bits per heavy atom. The Kier molecular flexibility index (Phi) is 6.25. The van der Waals surface area contributed by atoms with Crippen molar-refractivity contribution in [1.82, 2.24) is 9.78 Å². The van der Waals surface area contributed by atoms with Crippen LogP contribution in [0.3, 0.4) is 0 Å². The molecule has 1 N–H and O–H groups in total. The molecular formula is C18H23N3O3S. The van der Waals surface area contributed by atoms with Gasteiger partial charge in [0, 0.05) is 11.9 Å². The standard InChI is InChI=1S/C18H23N3O3S/c1-11-6-8-15(9-7-11)25-14(4)18(23)24-10-16(22)19-17-12(2)20-21(5)13(17)3/h6-9,14H,10H2,1-5H3,(H,19,22)/t14-/m0/s1. The summed E-state index contributed by atoms with van der Waals surface area (Å²) in [6.45, 7) is 7.14. The van der Waals surface area contributed by atoms with Crippen molar-refractivity contribution < 1.29 is 14.3 Å². The maximum Gasteiger partial charge on any atom is 0.319 e. The number of nitrogens with zero attached hydrogens (tertiary/aromatic N) is 2. The first kappa shape index (κ1) is 19.1. The summed E-state index contributed by atoms with van der Waals surface area (Å²) < 4.78 is 6.81. The van der Waals surface area contributed by atoms with Crippen LogP contribution >= 0.6 is 11.8 Å². The molecule has 0 fully saturated rings. The lowest BCUT2D eigenvalue weighted by atomic mass is 10.2. The van der Waals surface area contributed by atoms with Crippen LogP contribution in [0.15, 0.2) is 29.2 Å². The van der Waals surface area contributed by atoms with Gasteiger partial charge in [0.1, 0.15) is 5.25 Å². The second-order valence-corrected chi connectivity index (χ2v) is 7.31. The zero-order valence-corrected chi connectivity index (χ0v) is 15.9. The van der Waals surface area contributed by atoms with Crippen molar-refractivity contribution in [3.63, 3.8) is 0 Å². The van der Waals surface area contributed by atoms with Crippen LogP contribution in [0.5, 0.6) is 0 Å². The summed E-state index contributed by atoms with van der Waals surface area (Å²) in [5.41, 5.74) is 3.39. The van der Waals surface area contributed by atoms with Gasteiger partial charge in [-0.2, -0.15) is 5.10 Å². The monoisotopic (exact) mass is 361 g/mol. The van der Waals surface area contributed by atoms with Crippen molar-refractivity contribution in [2.24, 2.45) is 7.05 Å². The smallest absolute Gasteiger partial charge is 0.319 e. The number of hydrogen-bond donors (Lipinski definition) is 1. The lowest BCUT2D eigenvalue weighted by Crippen LogP contribution is -2.25. The van der Waals surface area contributed by atoms with Crippen LogP contribution in [0.1, 0.15) is 23.9 Å². The molecule has 7 heteroatoms. The summed E-state index contributed by atoms with van der Waals surface area (Å²) in [6.07, 6.45) is 0. The van der Waals surface area contributed by atoms with E-state index in [1.165, 1.54) is 11.8 Å². The van der Waals surface area contributed by atoms with Gasteiger partial charge in [0.2, 0.25) is 0 Å². The van der Waals surface area contributed by atoms with Gasteiger partial charge < -0.3 is 10.1 Å². The summed E-state index contributed by atoms with van der Waals surface area (Å²) in [5, 5.41) is 6.58. The zero-order chi connectivity index (χ0) is 18.6. The summed E-state index contributed by atoms with van der Waals surface area (Å²) >= 11 is 1.40. The van der Waals surface area contributed by atoms with Gasteiger partial charge in [-0.25, -0.2) is 0 Å². The fraction of sp³-hybridized carbons (Fsp3) is 0.389. The van der Waals surface area contributed by atoms with Gasteiger partial charge in [0.25, 0.3) is 5.91 Å². The predicted molar refractivity (Wildman–Crippen MR) is 98.8 cm³/mol. The molecule has 0 saturated heterocycles. The molecule has 0 unspecified atom stereocenters. The normalized spacial score (nSPS) is 11.9. The van der Waals surface area contributed by atoms with Crippen LogP contribution in [-0.4, -0.2) is 33.5 Å². The summed E-state index contributed by atoms with van der Waals surface area (Å²) in [4.78, 5) is 25.1. The minimum absolute atomic E-state index is 0.314. The van der Waals surface area contributed by atoms with Crippen molar-refractivity contribution in [3.8, 4) is 0 Å². The summed E-state index contributed by atoms with van der Waals surface area (Å²) in [5.74, 6) is -0.791. The van der Waals surface area contributed by atoms with E-state index in [1.54, 1.807) is 11.6 Å². The molecule has 0 aliphatic heterocycles. The van der Waals surface area contributed by atoms with Crippen LogP contribution in [0.4, 0.5) is 5.69 Å². The molecule has 25 heavy (non-hydrogen) atoms. The van der Waals surface area contributed by atoms with Gasteiger partial charge in [-0.3, -0.25) is 14.3 Å². The van der Waals surface area contributed by atoms with E-state index in [4.69, 9.17) is 4.74 Å². The fourth-order valence-corrected chi connectivity index (χ4v) is 3.12. The first-order valence-electron chi connectivity index (χ1n) is 7.98. The molecule has 1 heterocycles. The lowest BCUT2D eigenvalue weighted by molar-refractivity contribution is -0.146. The molecule has 1 atom stereocenters. The Labute approximate surface area is 151 Å². The predicted octanol–water partition coefficient (Wildman–Crippen LogP) is 3.01. The number of ether oxygens (including phenoxy) is 1. The number of benzene rings is 1. The molecule has 1 aromatic heterocycles. The number of rotatable bonds is 6. The SMILES string of the molecule is Cc1ccc(S[C@@H](C)C(=O)OCC(=O)Nc2c(C)nn(C)c2C)cc1. The highest BCUT2D eigenvalue weighted by molar-refractivity contribution is 8.00. The minimum Gasteiger partial charge on any atom is -0.455 e. The third-order valence-corrected chi connectivity index (χ3v) is 4.88. The molecule has 2 rings (SSSR count). The Bertz CT molecular complexity index is 769. The maximum absolute atomic E-state index is 12.1. The Morgan fingerprint density at radius 2 is 1.88 bits per heavy atom. The number of carbonyl (C=O) groups is 2.